The van der Waals surface area contributed by atoms with Crippen LogP contribution in [0.5, 0.6) is 0 Å². The molecule has 0 aromatic carbocycles. The van der Waals surface area contributed by atoms with Crippen molar-refractivity contribution in [1.29, 1.82) is 0 Å². The van der Waals surface area contributed by atoms with Gasteiger partial charge in [0.25, 0.3) is 0 Å². The summed E-state index contributed by atoms with van der Waals surface area (Å²) >= 11 is 0. The Bertz CT molecular complexity index is 133. The molecule has 0 fully saturated rings. The summed E-state index contributed by atoms with van der Waals surface area (Å²) in [7, 11) is 0. The zero-order valence-electron chi connectivity index (χ0n) is 4.53. The van der Waals surface area contributed by atoms with Crippen LogP contribution in [0, 0.1) is 0 Å². The second-order valence-electron chi connectivity index (χ2n) is 1.52. The van der Waals surface area contributed by atoms with Crippen LogP contribution in [0.2, 0.25) is 0 Å². The molecule has 0 heterocycles. The van der Waals surface area contributed by atoms with Gasteiger partial charge in [-0.05, 0) is 0 Å². The maximum Gasteiger partial charge on any atom is 0.357 e. The topological polar surface area (TPSA) is 100 Å². The van der Waals surface area contributed by atoms with E-state index in [0.29, 0.717) is 0 Å². The molecule has 0 spiro atoms. The fourth-order valence-corrected chi connectivity index (χ4v) is 0.267. The first-order chi connectivity index (χ1) is 4.04. The third-order valence-corrected chi connectivity index (χ3v) is 0.704. The summed E-state index contributed by atoms with van der Waals surface area (Å²) in [6.45, 7) is 0. The highest BCUT2D eigenvalue weighted by Gasteiger charge is 2.15. The van der Waals surface area contributed by atoms with Gasteiger partial charge in [-0.1, -0.05) is 0 Å². The lowest BCUT2D eigenvalue weighted by atomic mass is 10.2. The van der Waals surface area contributed by atoms with E-state index < -0.39 is 24.4 Å². The predicted molar refractivity (Wildman–Crippen MR) is 25.9 cm³/mol. The third-order valence-electron chi connectivity index (χ3n) is 0.704. The number of carbonyl (C=O) groups excluding carboxylic acids is 1. The molecule has 5 nitrogen and oxygen atoms in total. The molecule has 0 aliphatic rings. The molecule has 1 unspecified atom stereocenters. The first-order valence-electron chi connectivity index (χ1n) is 2.22. The second kappa shape index (κ2) is 3.03. The van der Waals surface area contributed by atoms with Crippen molar-refractivity contribution < 1.29 is 19.8 Å². The molecule has 51 valence electrons. The molecule has 0 amide bonds. The molecule has 5 heteroatoms. The van der Waals surface area contributed by atoms with Gasteiger partial charge >= 0.3 is 11.9 Å². The van der Waals surface area contributed by atoms with Crippen molar-refractivity contribution in [3.63, 3.8) is 0 Å². The number of carboxylic acid groups (broad SMARTS) is 1. The third kappa shape index (κ3) is 3.48. The molecule has 3 N–H and O–H groups in total. The maximum absolute atomic E-state index is 9.82. The highest BCUT2D eigenvalue weighted by Crippen LogP contribution is 1.86. The number of nitrogens with two attached hydrogens (primary N) is 1. The minimum atomic E-state index is -1.45. The van der Waals surface area contributed by atoms with E-state index in [-0.39, 0.29) is 0 Å². The number of carboxylic acids is 1. The van der Waals surface area contributed by atoms with Crippen molar-refractivity contribution in [2.75, 3.05) is 0 Å². The van der Waals surface area contributed by atoms with E-state index in [1.165, 1.54) is 0 Å². The van der Waals surface area contributed by atoms with Crippen LogP contribution >= 0.6 is 0 Å². The Labute approximate surface area is 51.1 Å². The quantitative estimate of drug-likeness (QED) is 0.500. The Kier molecular flexibility index (Phi) is 2.66. The Morgan fingerprint density at radius 3 is 2.11 bits per heavy atom. The summed E-state index contributed by atoms with van der Waals surface area (Å²) in [6.07, 6.45) is -0.644. The SMILES string of the molecule is NC(CC([O])=O)C(=O)O. The van der Waals surface area contributed by atoms with Crippen molar-refractivity contribution in [2.45, 2.75) is 12.5 Å². The molecular formula is C4H6NO4. The summed E-state index contributed by atoms with van der Waals surface area (Å²) < 4.78 is 0. The van der Waals surface area contributed by atoms with Crippen molar-refractivity contribution in [3.8, 4) is 0 Å². The Morgan fingerprint density at radius 2 is 2.00 bits per heavy atom. The summed E-state index contributed by atoms with van der Waals surface area (Å²) in [5.41, 5.74) is 4.80. The van der Waals surface area contributed by atoms with Crippen molar-refractivity contribution in [1.82, 2.24) is 0 Å². The van der Waals surface area contributed by atoms with Gasteiger partial charge in [0, 0.05) is 0 Å². The number of rotatable bonds is 3. The van der Waals surface area contributed by atoms with E-state index in [1.807, 2.05) is 0 Å². The van der Waals surface area contributed by atoms with E-state index >= 15 is 0 Å². The van der Waals surface area contributed by atoms with Gasteiger partial charge in [0.05, 0.1) is 6.42 Å². The monoisotopic (exact) mass is 132 g/mol. The Hall–Kier alpha value is -1.10. The highest BCUT2D eigenvalue weighted by molar-refractivity contribution is 5.80. The van der Waals surface area contributed by atoms with Crippen LogP contribution < -0.4 is 5.73 Å². The molecule has 1 radical (unpaired) electrons. The van der Waals surface area contributed by atoms with E-state index in [9.17, 15) is 14.7 Å². The number of hydrogen-bond donors (Lipinski definition) is 2. The zero-order chi connectivity index (χ0) is 7.44. The van der Waals surface area contributed by atoms with Gasteiger partial charge in [0.1, 0.15) is 6.04 Å². The summed E-state index contributed by atoms with van der Waals surface area (Å²) in [5.74, 6) is -2.79. The van der Waals surface area contributed by atoms with E-state index in [1.54, 1.807) is 0 Å². The van der Waals surface area contributed by atoms with Crippen molar-refractivity contribution >= 4 is 11.9 Å². The summed E-state index contributed by atoms with van der Waals surface area (Å²) in [5, 5.41) is 17.7. The smallest absolute Gasteiger partial charge is 0.357 e. The highest BCUT2D eigenvalue weighted by atomic mass is 16.4. The average molecular weight is 132 g/mol. The van der Waals surface area contributed by atoms with Gasteiger partial charge < -0.3 is 10.8 Å². The molecule has 0 saturated carbocycles. The Morgan fingerprint density at radius 1 is 1.56 bits per heavy atom. The Balaban J connectivity index is 3.63. The molecule has 1 atom stereocenters. The van der Waals surface area contributed by atoms with Crippen LogP contribution in [0.25, 0.3) is 0 Å². The summed E-state index contributed by atoms with van der Waals surface area (Å²) in [4.78, 5) is 19.5. The molecule has 0 aliphatic carbocycles. The number of aliphatic carboxylic acids is 1. The van der Waals surface area contributed by atoms with Gasteiger partial charge in [0.15, 0.2) is 0 Å². The largest absolute Gasteiger partial charge is 0.480 e. The van der Waals surface area contributed by atoms with Crippen LogP contribution in [-0.4, -0.2) is 23.1 Å². The van der Waals surface area contributed by atoms with Crippen LogP contribution in [0.1, 0.15) is 6.42 Å². The zero-order valence-corrected chi connectivity index (χ0v) is 4.53. The van der Waals surface area contributed by atoms with E-state index in [2.05, 4.69) is 0 Å². The van der Waals surface area contributed by atoms with Crippen LogP contribution in [0.3, 0.4) is 0 Å². The normalized spacial score (nSPS) is 12.6. The number of hydrogen-bond acceptors (Lipinski definition) is 3. The van der Waals surface area contributed by atoms with Crippen LogP contribution in [-0.2, 0) is 14.7 Å². The van der Waals surface area contributed by atoms with Crippen LogP contribution in [0.15, 0.2) is 0 Å². The van der Waals surface area contributed by atoms with Gasteiger partial charge in [-0.3, -0.25) is 4.79 Å². The first kappa shape index (κ1) is 7.90. The maximum atomic E-state index is 9.82. The predicted octanol–water partition coefficient (Wildman–Crippen LogP) is -1.25. The minimum absolute atomic E-state index is 0.644. The van der Waals surface area contributed by atoms with E-state index in [4.69, 9.17) is 10.8 Å². The van der Waals surface area contributed by atoms with Crippen molar-refractivity contribution in [3.05, 3.63) is 0 Å². The average Bonchev–Trinajstić information content (AvgIpc) is 1.63. The van der Waals surface area contributed by atoms with E-state index in [0.717, 1.165) is 0 Å². The molecule has 0 rings (SSSR count). The second-order valence-corrected chi connectivity index (χ2v) is 1.52. The number of carbonyl (C=O) groups is 2. The minimum Gasteiger partial charge on any atom is -0.480 e. The lowest BCUT2D eigenvalue weighted by molar-refractivity contribution is -0.148. The fraction of sp³-hybridized carbons (Fsp3) is 0.500. The molecule has 0 aromatic rings. The lowest BCUT2D eigenvalue weighted by Gasteiger charge is -1.97. The lowest BCUT2D eigenvalue weighted by Crippen LogP contribution is -2.32. The van der Waals surface area contributed by atoms with Crippen molar-refractivity contribution in [2.24, 2.45) is 5.73 Å². The van der Waals surface area contributed by atoms with Gasteiger partial charge in [-0.15, -0.1) is 0 Å². The first-order valence-corrected chi connectivity index (χ1v) is 2.22. The van der Waals surface area contributed by atoms with Gasteiger partial charge in [0.2, 0.25) is 0 Å². The van der Waals surface area contributed by atoms with Crippen LogP contribution in [0.4, 0.5) is 0 Å². The summed E-state index contributed by atoms with van der Waals surface area (Å²) in [6, 6.07) is -1.35. The molecule has 9 heavy (non-hydrogen) atoms. The molecule has 0 bridgehead atoms. The fourth-order valence-electron chi connectivity index (χ4n) is 0.267. The standard InChI is InChI=1S/C4H6NO4/c5-2(4(8)9)1-3(6)7/h2H,1,5H2,(H,8,9). The molecule has 0 aromatic heterocycles. The molecule has 0 saturated heterocycles. The molecular weight excluding hydrogens is 126 g/mol. The molecule has 0 aliphatic heterocycles. The van der Waals surface area contributed by atoms with Gasteiger partial charge in [-0.2, -0.15) is 0 Å². The van der Waals surface area contributed by atoms with Gasteiger partial charge in [-0.25, -0.2) is 9.90 Å².